The van der Waals surface area contributed by atoms with E-state index < -0.39 is 17.7 Å². The van der Waals surface area contributed by atoms with E-state index in [2.05, 4.69) is 11.9 Å². The molecule has 1 rings (SSSR count). The minimum absolute atomic E-state index is 0.119. The van der Waals surface area contributed by atoms with Gasteiger partial charge in [0.2, 0.25) is 0 Å². The summed E-state index contributed by atoms with van der Waals surface area (Å²) in [4.78, 5) is 23.1. The molecule has 0 spiro atoms. The molecule has 1 aromatic carbocycles. The molecular formula is C15H19NO4. The first-order chi connectivity index (χ1) is 9.28. The van der Waals surface area contributed by atoms with Gasteiger partial charge in [-0.2, -0.15) is 0 Å². The average Bonchev–Trinajstić information content (AvgIpc) is 2.35. The maximum absolute atomic E-state index is 11.6. The van der Waals surface area contributed by atoms with E-state index in [1.54, 1.807) is 20.8 Å². The van der Waals surface area contributed by atoms with Crippen LogP contribution in [0.2, 0.25) is 0 Å². The minimum atomic E-state index is -0.746. The summed E-state index contributed by atoms with van der Waals surface area (Å²) >= 11 is 0. The molecule has 1 N–H and O–H groups in total. The van der Waals surface area contributed by atoms with Crippen LogP contribution in [0.3, 0.4) is 0 Å². The third kappa shape index (κ3) is 6.04. The van der Waals surface area contributed by atoms with Gasteiger partial charge in [-0.15, -0.1) is 0 Å². The lowest BCUT2D eigenvalue weighted by Gasteiger charge is -2.20. The molecule has 0 heterocycles. The maximum atomic E-state index is 11.6. The number of amides is 1. The lowest BCUT2D eigenvalue weighted by molar-refractivity contribution is -0.150. The topological polar surface area (TPSA) is 64.6 Å². The molecule has 0 saturated heterocycles. The normalized spacial score (nSPS) is 10.6. The highest BCUT2D eigenvalue weighted by Gasteiger charge is 2.20. The highest BCUT2D eigenvalue weighted by Crippen LogP contribution is 2.09. The molecule has 0 atom stereocenters. The van der Waals surface area contributed by atoms with Gasteiger partial charge >= 0.3 is 12.1 Å². The number of hydrogen-bond acceptors (Lipinski definition) is 4. The van der Waals surface area contributed by atoms with Crippen molar-refractivity contribution in [3.8, 4) is 0 Å². The molecule has 5 heteroatoms. The van der Waals surface area contributed by atoms with Gasteiger partial charge in [-0.3, -0.25) is 5.32 Å². The summed E-state index contributed by atoms with van der Waals surface area (Å²) in [6, 6.07) is 9.21. The van der Waals surface area contributed by atoms with Gasteiger partial charge in [0.05, 0.1) is 0 Å². The molecule has 0 aliphatic rings. The molecular weight excluding hydrogens is 258 g/mol. The molecule has 108 valence electrons. The van der Waals surface area contributed by atoms with Gasteiger partial charge in [-0.05, 0) is 26.3 Å². The van der Waals surface area contributed by atoms with Crippen LogP contribution in [0.15, 0.2) is 42.6 Å². The van der Waals surface area contributed by atoms with Crippen LogP contribution in [0, 0.1) is 0 Å². The number of esters is 1. The summed E-state index contributed by atoms with van der Waals surface area (Å²) in [5.74, 6) is -0.686. The number of alkyl carbamates (subject to hydrolysis) is 1. The smallest absolute Gasteiger partial charge is 0.412 e. The molecule has 0 aliphatic heterocycles. The third-order valence-corrected chi connectivity index (χ3v) is 2.11. The first-order valence-electron chi connectivity index (χ1n) is 6.18. The number of rotatable bonds is 4. The fourth-order valence-corrected chi connectivity index (χ4v) is 1.27. The second-order valence-corrected chi connectivity index (χ2v) is 5.17. The number of ether oxygens (including phenoxy) is 2. The Labute approximate surface area is 118 Å². The molecule has 0 fully saturated rings. The summed E-state index contributed by atoms with van der Waals surface area (Å²) in [5, 5.41) is 2.24. The Balaban J connectivity index is 2.39. The van der Waals surface area contributed by atoms with E-state index in [9.17, 15) is 9.59 Å². The van der Waals surface area contributed by atoms with Crippen LogP contribution in [0.25, 0.3) is 0 Å². The van der Waals surface area contributed by atoms with Crippen molar-refractivity contribution >= 4 is 12.1 Å². The molecule has 0 radical (unpaired) electrons. The molecule has 5 nitrogen and oxygen atoms in total. The summed E-state index contributed by atoms with van der Waals surface area (Å²) < 4.78 is 10.0. The lowest BCUT2D eigenvalue weighted by Crippen LogP contribution is -2.32. The highest BCUT2D eigenvalue weighted by atomic mass is 16.6. The monoisotopic (exact) mass is 277 g/mol. The minimum Gasteiger partial charge on any atom is -0.455 e. The number of nitrogens with one attached hydrogen (secondary N) is 1. The van der Waals surface area contributed by atoms with Crippen molar-refractivity contribution in [3.05, 3.63) is 48.2 Å². The Morgan fingerprint density at radius 3 is 2.35 bits per heavy atom. The second kappa shape index (κ2) is 6.75. The van der Waals surface area contributed by atoms with Crippen LogP contribution in [-0.4, -0.2) is 17.7 Å². The summed E-state index contributed by atoms with van der Waals surface area (Å²) in [7, 11) is 0. The van der Waals surface area contributed by atoms with Gasteiger partial charge in [0, 0.05) is 0 Å². The van der Waals surface area contributed by atoms with Gasteiger partial charge < -0.3 is 9.47 Å². The SMILES string of the molecule is C=C(NC(=O)OCc1ccccc1)C(=O)OC(C)(C)C. The van der Waals surface area contributed by atoms with Crippen molar-refractivity contribution < 1.29 is 19.1 Å². The van der Waals surface area contributed by atoms with Crippen molar-refractivity contribution in [3.63, 3.8) is 0 Å². The van der Waals surface area contributed by atoms with Crippen LogP contribution in [-0.2, 0) is 20.9 Å². The molecule has 0 aliphatic carbocycles. The van der Waals surface area contributed by atoms with E-state index >= 15 is 0 Å². The van der Waals surface area contributed by atoms with Crippen molar-refractivity contribution in [1.82, 2.24) is 5.32 Å². The number of carbonyl (C=O) groups is 2. The first kappa shape index (κ1) is 15.8. The number of carbonyl (C=O) groups excluding carboxylic acids is 2. The van der Waals surface area contributed by atoms with Gasteiger partial charge in [0.25, 0.3) is 0 Å². The number of benzene rings is 1. The van der Waals surface area contributed by atoms with E-state index in [0.29, 0.717) is 0 Å². The van der Waals surface area contributed by atoms with Gasteiger partial charge in [0.15, 0.2) is 0 Å². The highest BCUT2D eigenvalue weighted by molar-refractivity contribution is 5.91. The Morgan fingerprint density at radius 2 is 1.80 bits per heavy atom. The first-order valence-corrected chi connectivity index (χ1v) is 6.18. The average molecular weight is 277 g/mol. The Hall–Kier alpha value is -2.30. The van der Waals surface area contributed by atoms with Crippen LogP contribution in [0.5, 0.6) is 0 Å². The van der Waals surface area contributed by atoms with Crippen LogP contribution in [0.1, 0.15) is 26.3 Å². The number of hydrogen-bond donors (Lipinski definition) is 1. The van der Waals surface area contributed by atoms with Gasteiger partial charge in [-0.1, -0.05) is 36.9 Å². The molecule has 0 bridgehead atoms. The molecule has 0 aromatic heterocycles. The third-order valence-electron chi connectivity index (χ3n) is 2.11. The van der Waals surface area contributed by atoms with Crippen molar-refractivity contribution in [2.45, 2.75) is 33.0 Å². The van der Waals surface area contributed by atoms with Gasteiger partial charge in [-0.25, -0.2) is 9.59 Å². The second-order valence-electron chi connectivity index (χ2n) is 5.17. The van der Waals surface area contributed by atoms with E-state index in [1.165, 1.54) is 0 Å². The molecule has 0 saturated carbocycles. The fourth-order valence-electron chi connectivity index (χ4n) is 1.27. The lowest BCUT2D eigenvalue weighted by atomic mass is 10.2. The Kier molecular flexibility index (Phi) is 5.32. The summed E-state index contributed by atoms with van der Waals surface area (Å²) in [5.41, 5.74) is 0.0545. The Bertz CT molecular complexity index is 488. The van der Waals surface area contributed by atoms with E-state index in [0.717, 1.165) is 5.56 Å². The van der Waals surface area contributed by atoms with Gasteiger partial charge in [0.1, 0.15) is 17.9 Å². The zero-order valence-electron chi connectivity index (χ0n) is 11.9. The van der Waals surface area contributed by atoms with E-state index in [1.807, 2.05) is 30.3 Å². The summed E-state index contributed by atoms with van der Waals surface area (Å²) in [6.45, 7) is 8.75. The molecule has 1 amide bonds. The molecule has 1 aromatic rings. The van der Waals surface area contributed by atoms with Crippen LogP contribution in [0.4, 0.5) is 4.79 Å². The predicted octanol–water partition coefficient (Wildman–Crippen LogP) is 2.77. The fraction of sp³-hybridized carbons (Fsp3) is 0.333. The van der Waals surface area contributed by atoms with Crippen LogP contribution < -0.4 is 5.32 Å². The zero-order valence-corrected chi connectivity index (χ0v) is 11.9. The molecule has 0 unspecified atom stereocenters. The zero-order chi connectivity index (χ0) is 15.2. The summed E-state index contributed by atoms with van der Waals surface area (Å²) in [6.07, 6.45) is -0.746. The van der Waals surface area contributed by atoms with E-state index in [4.69, 9.17) is 9.47 Å². The van der Waals surface area contributed by atoms with E-state index in [-0.39, 0.29) is 12.3 Å². The standard InChI is InChI=1S/C15H19NO4/c1-11(13(17)20-15(2,3)4)16-14(18)19-10-12-8-6-5-7-9-12/h5-9H,1,10H2,2-4H3,(H,16,18). The van der Waals surface area contributed by atoms with Crippen molar-refractivity contribution in [2.75, 3.05) is 0 Å². The maximum Gasteiger partial charge on any atom is 0.412 e. The quantitative estimate of drug-likeness (QED) is 0.679. The largest absolute Gasteiger partial charge is 0.455 e. The Morgan fingerprint density at radius 1 is 1.20 bits per heavy atom. The van der Waals surface area contributed by atoms with Crippen LogP contribution >= 0.6 is 0 Å². The molecule has 20 heavy (non-hydrogen) atoms. The van der Waals surface area contributed by atoms with Crippen molar-refractivity contribution in [1.29, 1.82) is 0 Å². The van der Waals surface area contributed by atoms with Crippen molar-refractivity contribution in [2.24, 2.45) is 0 Å². The predicted molar refractivity (Wildman–Crippen MR) is 74.7 cm³/mol.